The van der Waals surface area contributed by atoms with Crippen LogP contribution in [0.5, 0.6) is 11.5 Å². The summed E-state index contributed by atoms with van der Waals surface area (Å²) in [6.07, 6.45) is 0. The molecule has 130 valence electrons. The number of phenols is 1. The van der Waals surface area contributed by atoms with Gasteiger partial charge in [0.05, 0.1) is 25.3 Å². The molecule has 7 nitrogen and oxygen atoms in total. The van der Waals surface area contributed by atoms with Gasteiger partial charge in [-0.25, -0.2) is 9.59 Å². The number of hydrogen-bond donors (Lipinski definition) is 3. The summed E-state index contributed by atoms with van der Waals surface area (Å²) in [4.78, 5) is 24.3. The summed E-state index contributed by atoms with van der Waals surface area (Å²) in [5.41, 5.74) is 1.36. The van der Waals surface area contributed by atoms with E-state index >= 15 is 0 Å². The largest absolute Gasteiger partial charge is 0.504 e. The van der Waals surface area contributed by atoms with Gasteiger partial charge in [0, 0.05) is 5.70 Å². The highest BCUT2D eigenvalue weighted by molar-refractivity contribution is 5.95. The topological polar surface area (TPSA) is 96.9 Å². The number of aromatic hydroxyl groups is 1. The van der Waals surface area contributed by atoms with Gasteiger partial charge in [0.2, 0.25) is 0 Å². The molecule has 2 amide bonds. The summed E-state index contributed by atoms with van der Waals surface area (Å²) in [5.74, 6) is -0.0575. The van der Waals surface area contributed by atoms with E-state index in [0.717, 1.165) is 0 Å². The fraction of sp³-hybridized carbons (Fsp3) is 0.412. The smallest absolute Gasteiger partial charge is 0.338 e. The van der Waals surface area contributed by atoms with E-state index < -0.39 is 18.0 Å². The number of benzene rings is 1. The molecule has 0 aliphatic carbocycles. The predicted octanol–water partition coefficient (Wildman–Crippen LogP) is 2.23. The minimum absolute atomic E-state index is 0.0221. The van der Waals surface area contributed by atoms with Crippen molar-refractivity contribution in [1.82, 2.24) is 10.6 Å². The number of amides is 2. The van der Waals surface area contributed by atoms with Gasteiger partial charge in [0.1, 0.15) is 0 Å². The Labute approximate surface area is 140 Å². The zero-order chi connectivity index (χ0) is 17.9. The van der Waals surface area contributed by atoms with Gasteiger partial charge >= 0.3 is 12.0 Å². The number of allylic oxidation sites excluding steroid dienone is 1. The molecule has 1 aliphatic heterocycles. The third-order valence-electron chi connectivity index (χ3n) is 3.57. The molecule has 0 saturated heterocycles. The maximum absolute atomic E-state index is 12.5. The Hall–Kier alpha value is -2.70. The maximum atomic E-state index is 12.5. The van der Waals surface area contributed by atoms with Crippen LogP contribution in [0.25, 0.3) is 0 Å². The van der Waals surface area contributed by atoms with Gasteiger partial charge in [-0.05, 0) is 30.5 Å². The highest BCUT2D eigenvalue weighted by Gasteiger charge is 2.32. The lowest BCUT2D eigenvalue weighted by Gasteiger charge is -2.28. The lowest BCUT2D eigenvalue weighted by Crippen LogP contribution is -2.45. The summed E-state index contributed by atoms with van der Waals surface area (Å²) in [5, 5.41) is 15.0. The zero-order valence-corrected chi connectivity index (χ0v) is 14.2. The predicted molar refractivity (Wildman–Crippen MR) is 87.6 cm³/mol. The van der Waals surface area contributed by atoms with Crippen LogP contribution >= 0.6 is 0 Å². The van der Waals surface area contributed by atoms with E-state index in [-0.39, 0.29) is 24.0 Å². The second-order valence-corrected chi connectivity index (χ2v) is 5.99. The molecule has 7 heteroatoms. The van der Waals surface area contributed by atoms with Gasteiger partial charge in [0.15, 0.2) is 11.5 Å². The number of hydrogen-bond acceptors (Lipinski definition) is 5. The average molecular weight is 334 g/mol. The molecule has 2 rings (SSSR count). The Morgan fingerprint density at radius 3 is 2.71 bits per heavy atom. The van der Waals surface area contributed by atoms with Crippen LogP contribution in [0.3, 0.4) is 0 Å². The molecule has 3 N–H and O–H groups in total. The highest BCUT2D eigenvalue weighted by atomic mass is 16.5. The first-order valence-corrected chi connectivity index (χ1v) is 7.65. The van der Waals surface area contributed by atoms with Crippen LogP contribution in [0, 0.1) is 5.92 Å². The molecule has 0 unspecified atom stereocenters. The molecule has 0 bridgehead atoms. The summed E-state index contributed by atoms with van der Waals surface area (Å²) >= 11 is 0. The van der Waals surface area contributed by atoms with E-state index in [4.69, 9.17) is 9.47 Å². The molecule has 0 aromatic heterocycles. The molecule has 0 spiro atoms. The van der Waals surface area contributed by atoms with Gasteiger partial charge in [0.25, 0.3) is 0 Å². The first-order valence-electron chi connectivity index (χ1n) is 7.65. The van der Waals surface area contributed by atoms with Gasteiger partial charge in [-0.1, -0.05) is 19.9 Å². The number of methoxy groups -OCH3 is 1. The van der Waals surface area contributed by atoms with Crippen molar-refractivity contribution in [1.29, 1.82) is 0 Å². The Kier molecular flexibility index (Phi) is 5.33. The van der Waals surface area contributed by atoms with Crippen molar-refractivity contribution in [3.8, 4) is 11.5 Å². The van der Waals surface area contributed by atoms with Crippen LogP contribution in [-0.4, -0.2) is 30.8 Å². The molecule has 1 aliphatic rings. The van der Waals surface area contributed by atoms with E-state index in [1.165, 1.54) is 13.2 Å². The Morgan fingerprint density at radius 1 is 1.38 bits per heavy atom. The number of urea groups is 1. The summed E-state index contributed by atoms with van der Waals surface area (Å²) in [6.45, 7) is 5.82. The first-order chi connectivity index (χ1) is 11.3. The van der Waals surface area contributed by atoms with E-state index in [2.05, 4.69) is 10.6 Å². The normalized spacial score (nSPS) is 17.4. The SMILES string of the molecule is COc1cc([C@@H]2NC(=O)NC(C)=C2C(=O)OCC(C)C)ccc1O. The third-order valence-corrected chi connectivity index (χ3v) is 3.57. The van der Waals surface area contributed by atoms with E-state index in [1.54, 1.807) is 19.1 Å². The monoisotopic (exact) mass is 334 g/mol. The number of ether oxygens (including phenoxy) is 2. The number of nitrogens with one attached hydrogen (secondary N) is 2. The molecule has 0 fully saturated rings. The minimum atomic E-state index is -0.687. The van der Waals surface area contributed by atoms with Crippen molar-refractivity contribution in [2.45, 2.75) is 26.8 Å². The van der Waals surface area contributed by atoms with Crippen LogP contribution in [0.1, 0.15) is 32.4 Å². The quantitative estimate of drug-likeness (QED) is 0.718. The van der Waals surface area contributed by atoms with Gasteiger partial charge in [-0.2, -0.15) is 0 Å². The second kappa shape index (κ2) is 7.25. The van der Waals surface area contributed by atoms with Crippen molar-refractivity contribution in [2.75, 3.05) is 13.7 Å². The summed E-state index contributed by atoms with van der Waals surface area (Å²) in [6, 6.07) is 3.55. The maximum Gasteiger partial charge on any atom is 0.338 e. The van der Waals surface area contributed by atoms with E-state index in [9.17, 15) is 14.7 Å². The standard InChI is InChI=1S/C17H22N2O5/c1-9(2)8-24-16(21)14-10(3)18-17(22)19-15(14)11-5-6-12(20)13(7-11)23-4/h5-7,9,15,20H,8H2,1-4H3,(H2,18,19,22)/t15-/m0/s1. The van der Waals surface area contributed by atoms with Crippen molar-refractivity contribution in [3.05, 3.63) is 35.0 Å². The number of esters is 1. The number of carbonyl (C=O) groups excluding carboxylic acids is 2. The van der Waals surface area contributed by atoms with Crippen molar-refractivity contribution < 1.29 is 24.2 Å². The highest BCUT2D eigenvalue weighted by Crippen LogP contribution is 2.33. The van der Waals surface area contributed by atoms with Crippen LogP contribution in [-0.2, 0) is 9.53 Å². The fourth-order valence-corrected chi connectivity index (χ4v) is 2.41. The van der Waals surface area contributed by atoms with Crippen LogP contribution in [0.2, 0.25) is 0 Å². The summed E-state index contributed by atoms with van der Waals surface area (Å²) < 4.78 is 10.4. The molecule has 24 heavy (non-hydrogen) atoms. The average Bonchev–Trinajstić information content (AvgIpc) is 2.52. The molecule has 1 aromatic rings. The van der Waals surface area contributed by atoms with Crippen molar-refractivity contribution >= 4 is 12.0 Å². The molecular weight excluding hydrogens is 312 g/mol. The lowest BCUT2D eigenvalue weighted by molar-refractivity contribution is -0.140. The molecule has 1 aromatic carbocycles. The van der Waals surface area contributed by atoms with Gasteiger partial charge in [-0.3, -0.25) is 0 Å². The molecule has 1 atom stereocenters. The fourth-order valence-electron chi connectivity index (χ4n) is 2.41. The van der Waals surface area contributed by atoms with Crippen LogP contribution in [0.15, 0.2) is 29.5 Å². The molecule has 0 saturated carbocycles. The molecular formula is C17H22N2O5. The van der Waals surface area contributed by atoms with Crippen molar-refractivity contribution in [2.24, 2.45) is 5.92 Å². The number of rotatable bonds is 5. The Bertz CT molecular complexity index is 682. The Morgan fingerprint density at radius 2 is 2.08 bits per heavy atom. The molecule has 1 heterocycles. The van der Waals surface area contributed by atoms with Gasteiger partial charge < -0.3 is 25.2 Å². The lowest BCUT2D eigenvalue weighted by atomic mass is 9.95. The second-order valence-electron chi connectivity index (χ2n) is 5.99. The van der Waals surface area contributed by atoms with Gasteiger partial charge in [-0.15, -0.1) is 0 Å². The van der Waals surface area contributed by atoms with Crippen molar-refractivity contribution in [3.63, 3.8) is 0 Å². The first kappa shape index (κ1) is 17.7. The summed E-state index contributed by atoms with van der Waals surface area (Å²) in [7, 11) is 1.43. The third kappa shape index (κ3) is 3.79. The van der Waals surface area contributed by atoms with E-state index in [1.807, 2.05) is 13.8 Å². The zero-order valence-electron chi connectivity index (χ0n) is 14.2. The molecule has 0 radical (unpaired) electrons. The van der Waals surface area contributed by atoms with E-state index in [0.29, 0.717) is 16.8 Å². The number of carbonyl (C=O) groups is 2. The van der Waals surface area contributed by atoms with Crippen LogP contribution in [0.4, 0.5) is 4.79 Å². The minimum Gasteiger partial charge on any atom is -0.504 e. The van der Waals surface area contributed by atoms with Crippen LogP contribution < -0.4 is 15.4 Å². The Balaban J connectivity index is 2.39. The number of phenolic OH excluding ortho intramolecular Hbond substituents is 1.